The number of alkyl halides is 3. The average molecular weight is 508 g/mol. The number of anilines is 1. The molecule has 2 aliphatic rings. The van der Waals surface area contributed by atoms with Crippen LogP contribution in [0.2, 0.25) is 0 Å². The number of morpholine rings is 1. The van der Waals surface area contributed by atoms with Gasteiger partial charge in [0.2, 0.25) is 0 Å². The average Bonchev–Trinajstić information content (AvgIpc) is 3.38. The molecule has 11 heteroatoms. The molecule has 2 aliphatic heterocycles. The van der Waals surface area contributed by atoms with Crippen LogP contribution in [0.1, 0.15) is 10.6 Å². The maximum absolute atomic E-state index is 13.5. The van der Waals surface area contributed by atoms with Crippen molar-refractivity contribution in [2.45, 2.75) is 6.18 Å². The van der Waals surface area contributed by atoms with Crippen LogP contribution >= 0.6 is 35.3 Å². The quantitative estimate of drug-likeness (QED) is 0.383. The smallest absolute Gasteiger partial charge is 0.378 e. The van der Waals surface area contributed by atoms with Gasteiger partial charge in [0.1, 0.15) is 10.0 Å². The number of hydrogen-bond donors (Lipinski definition) is 1. The molecule has 2 fully saturated rings. The zero-order valence-electron chi connectivity index (χ0n) is 16.9. The molecule has 5 nitrogen and oxygen atoms in total. The fourth-order valence-corrected chi connectivity index (χ4v) is 5.69. The van der Waals surface area contributed by atoms with E-state index in [1.165, 1.54) is 23.1 Å². The predicted octanol–water partition coefficient (Wildman–Crippen LogP) is 5.31. The Morgan fingerprint density at radius 3 is 2.64 bits per heavy atom. The molecule has 0 saturated carbocycles. The number of nitrogens with zero attached hydrogens (tertiary/aromatic N) is 2. The maximum atomic E-state index is 13.5. The van der Waals surface area contributed by atoms with Gasteiger partial charge >= 0.3 is 6.18 Å². The number of halogens is 3. The molecule has 1 aromatic carbocycles. The van der Waals surface area contributed by atoms with Gasteiger partial charge in [-0.2, -0.15) is 13.2 Å². The minimum Gasteiger partial charge on any atom is -0.378 e. The van der Waals surface area contributed by atoms with E-state index in [9.17, 15) is 18.0 Å². The normalized spacial score (nSPS) is 18.4. The van der Waals surface area contributed by atoms with Gasteiger partial charge in [-0.05, 0) is 46.8 Å². The van der Waals surface area contributed by atoms with Crippen LogP contribution in [0, 0.1) is 0 Å². The van der Waals surface area contributed by atoms with E-state index >= 15 is 0 Å². The molecular weight excluding hydrogens is 491 g/mol. The molecule has 2 aromatic heterocycles. The van der Waals surface area contributed by atoms with Crippen LogP contribution in [0.4, 0.5) is 18.9 Å². The van der Waals surface area contributed by atoms with E-state index < -0.39 is 11.9 Å². The fourth-order valence-electron chi connectivity index (χ4n) is 3.73. The lowest BCUT2D eigenvalue weighted by Crippen LogP contribution is -2.36. The van der Waals surface area contributed by atoms with E-state index in [-0.39, 0.29) is 5.91 Å². The molecular formula is C22H16F3N3O2S3. The first kappa shape index (κ1) is 22.3. The molecule has 0 radical (unpaired) electrons. The van der Waals surface area contributed by atoms with E-state index in [4.69, 9.17) is 17.0 Å². The zero-order chi connectivity index (χ0) is 23.2. The summed E-state index contributed by atoms with van der Waals surface area (Å²) >= 11 is 7.71. The highest BCUT2D eigenvalue weighted by Crippen LogP contribution is 2.38. The number of benzene rings is 1. The number of carbonyl (C=O) groups excluding carboxylic acids is 1. The Kier molecular flexibility index (Phi) is 5.89. The highest BCUT2D eigenvalue weighted by molar-refractivity contribution is 8.26. The number of thiocarbonyl (C=S) groups is 1. The number of thiophene rings is 1. The highest BCUT2D eigenvalue weighted by atomic mass is 32.2. The van der Waals surface area contributed by atoms with Crippen molar-refractivity contribution in [2.75, 3.05) is 31.2 Å². The Hall–Kier alpha value is -2.47. The van der Waals surface area contributed by atoms with E-state index in [0.717, 1.165) is 22.1 Å². The van der Waals surface area contributed by atoms with Crippen LogP contribution in [0.3, 0.4) is 0 Å². The Labute approximate surface area is 200 Å². The summed E-state index contributed by atoms with van der Waals surface area (Å²) in [4.78, 5) is 19.1. The molecule has 0 atom stereocenters. The topological polar surface area (TPSA) is 54.5 Å². The number of amides is 1. The summed E-state index contributed by atoms with van der Waals surface area (Å²) in [5.74, 6) is -0.215. The summed E-state index contributed by atoms with van der Waals surface area (Å²) in [6.45, 7) is 1.95. The first-order valence-corrected chi connectivity index (χ1v) is 12.1. The van der Waals surface area contributed by atoms with Crippen molar-refractivity contribution >= 4 is 68.2 Å². The van der Waals surface area contributed by atoms with Gasteiger partial charge in [-0.3, -0.25) is 4.79 Å². The monoisotopic (exact) mass is 507 g/mol. The van der Waals surface area contributed by atoms with Crippen molar-refractivity contribution < 1.29 is 22.7 Å². The predicted molar refractivity (Wildman–Crippen MR) is 129 cm³/mol. The van der Waals surface area contributed by atoms with Crippen molar-refractivity contribution in [3.05, 3.63) is 51.2 Å². The summed E-state index contributed by atoms with van der Waals surface area (Å²) in [6, 6.07) is 8.33. The summed E-state index contributed by atoms with van der Waals surface area (Å²) < 4.78 is 46.2. The molecule has 3 aromatic rings. The number of fused-ring (bicyclic) bond motifs is 1. The largest absolute Gasteiger partial charge is 0.433 e. The van der Waals surface area contributed by atoms with Crippen LogP contribution in [0.25, 0.3) is 28.1 Å². The second-order valence-electron chi connectivity index (χ2n) is 7.45. The van der Waals surface area contributed by atoms with Crippen LogP contribution in [-0.4, -0.2) is 41.5 Å². The number of hydrogen-bond acceptors (Lipinski definition) is 7. The van der Waals surface area contributed by atoms with Crippen molar-refractivity contribution in [1.29, 1.82) is 0 Å². The van der Waals surface area contributed by atoms with Crippen molar-refractivity contribution in [2.24, 2.45) is 0 Å². The molecule has 4 heterocycles. The number of nitrogens with one attached hydrogen (secondary N) is 1. The van der Waals surface area contributed by atoms with Gasteiger partial charge in [-0.25, -0.2) is 4.98 Å². The molecule has 170 valence electrons. The van der Waals surface area contributed by atoms with Crippen molar-refractivity contribution in [1.82, 2.24) is 10.3 Å². The van der Waals surface area contributed by atoms with Crippen LogP contribution < -0.4 is 10.2 Å². The van der Waals surface area contributed by atoms with Gasteiger partial charge in [0.25, 0.3) is 5.91 Å². The fraction of sp³-hybridized carbons (Fsp3) is 0.227. The molecule has 1 N–H and O–H groups in total. The molecule has 33 heavy (non-hydrogen) atoms. The molecule has 2 saturated heterocycles. The van der Waals surface area contributed by atoms with Gasteiger partial charge in [0.15, 0.2) is 0 Å². The van der Waals surface area contributed by atoms with Crippen molar-refractivity contribution in [3.8, 4) is 11.1 Å². The molecule has 5 rings (SSSR count). The minimum absolute atomic E-state index is 0.215. The third-order valence-corrected chi connectivity index (χ3v) is 7.34. The summed E-state index contributed by atoms with van der Waals surface area (Å²) in [5.41, 5.74) is 1.66. The van der Waals surface area contributed by atoms with Gasteiger partial charge in [-0.15, -0.1) is 11.3 Å². The van der Waals surface area contributed by atoms with Crippen LogP contribution in [0.5, 0.6) is 0 Å². The number of aromatic nitrogens is 1. The van der Waals surface area contributed by atoms with E-state index in [0.29, 0.717) is 52.1 Å². The van der Waals surface area contributed by atoms with Gasteiger partial charge in [0, 0.05) is 29.0 Å². The first-order valence-electron chi connectivity index (χ1n) is 9.96. The minimum atomic E-state index is -4.53. The Morgan fingerprint density at radius 2 is 1.94 bits per heavy atom. The number of thioether (sulfide) groups is 1. The second kappa shape index (κ2) is 8.71. The standard InChI is InChI=1S/C22H16F3N3O2S3/c23-22(24,25)19-10-17(28-3-5-30-6-4-28)15-8-12(1-2-16(15)26-19)13-7-14(32-11-13)9-18-20(29)27-21(31)33-18/h1-2,7-11H,3-6H2,(H,27,29,31)/b18-9-. The summed E-state index contributed by atoms with van der Waals surface area (Å²) in [5, 5.41) is 5.20. The summed E-state index contributed by atoms with van der Waals surface area (Å²) in [6.07, 6.45) is -2.75. The molecule has 1 amide bonds. The van der Waals surface area contributed by atoms with Crippen molar-refractivity contribution in [3.63, 3.8) is 0 Å². The lowest BCUT2D eigenvalue weighted by atomic mass is 10.0. The number of rotatable bonds is 3. The summed E-state index contributed by atoms with van der Waals surface area (Å²) in [7, 11) is 0. The Morgan fingerprint density at radius 1 is 1.15 bits per heavy atom. The highest BCUT2D eigenvalue weighted by Gasteiger charge is 2.34. The van der Waals surface area contributed by atoms with E-state index in [1.54, 1.807) is 18.2 Å². The third kappa shape index (κ3) is 4.63. The first-order chi connectivity index (χ1) is 15.8. The van der Waals surface area contributed by atoms with E-state index in [2.05, 4.69) is 10.3 Å². The molecule has 0 unspecified atom stereocenters. The zero-order valence-corrected chi connectivity index (χ0v) is 19.4. The van der Waals surface area contributed by atoms with Crippen LogP contribution in [0.15, 0.2) is 40.6 Å². The van der Waals surface area contributed by atoms with Gasteiger partial charge in [-0.1, -0.05) is 30.0 Å². The second-order valence-corrected chi connectivity index (χ2v) is 10.1. The number of ether oxygens (including phenoxy) is 1. The Balaban J connectivity index is 1.55. The van der Waals surface area contributed by atoms with Crippen LogP contribution in [-0.2, 0) is 15.7 Å². The lowest BCUT2D eigenvalue weighted by Gasteiger charge is -2.30. The van der Waals surface area contributed by atoms with Gasteiger partial charge in [0.05, 0.1) is 23.6 Å². The molecule has 0 aliphatic carbocycles. The third-order valence-electron chi connectivity index (χ3n) is 5.30. The van der Waals surface area contributed by atoms with E-state index in [1.807, 2.05) is 22.4 Å². The number of pyridine rings is 1. The maximum Gasteiger partial charge on any atom is 0.433 e. The SMILES string of the molecule is O=C1NC(=S)S/C1=C\c1cc(-c2ccc3nc(C(F)(F)F)cc(N4CCOCC4)c3c2)cs1. The number of carbonyl (C=O) groups is 1. The Bertz CT molecular complexity index is 1300. The lowest BCUT2D eigenvalue weighted by molar-refractivity contribution is -0.140. The molecule has 0 bridgehead atoms. The molecule has 0 spiro atoms. The van der Waals surface area contributed by atoms with Gasteiger partial charge < -0.3 is 15.0 Å².